The number of halogens is 2. The molecule has 110 valence electrons. The van der Waals surface area contributed by atoms with Gasteiger partial charge in [0.1, 0.15) is 6.07 Å². The minimum absolute atomic E-state index is 0.0624. The predicted molar refractivity (Wildman–Crippen MR) is 79.5 cm³/mol. The third kappa shape index (κ3) is 2.65. The average molecular weight is 288 g/mol. The Hall–Kier alpha value is -1.89. The van der Waals surface area contributed by atoms with Crippen molar-refractivity contribution in [2.24, 2.45) is 0 Å². The van der Waals surface area contributed by atoms with Crippen LogP contribution in [0.2, 0.25) is 0 Å². The number of hydrogen-bond acceptors (Lipinski definition) is 2. The van der Waals surface area contributed by atoms with Gasteiger partial charge in [-0.15, -0.1) is 0 Å². The van der Waals surface area contributed by atoms with E-state index in [1.54, 1.807) is 0 Å². The zero-order valence-electron chi connectivity index (χ0n) is 12.0. The van der Waals surface area contributed by atoms with Crippen LogP contribution in [-0.2, 0) is 6.42 Å². The summed E-state index contributed by atoms with van der Waals surface area (Å²) in [6.07, 6.45) is 2.11. The first-order chi connectivity index (χ1) is 10.00. The van der Waals surface area contributed by atoms with E-state index in [2.05, 4.69) is 12.6 Å². The second-order valence-electron chi connectivity index (χ2n) is 5.94. The summed E-state index contributed by atoms with van der Waals surface area (Å²) < 4.78 is 27.0. The van der Waals surface area contributed by atoms with Crippen molar-refractivity contribution in [3.63, 3.8) is 0 Å². The summed E-state index contributed by atoms with van der Waals surface area (Å²) in [6.45, 7) is 4.92. The Balaban J connectivity index is 1.95. The van der Waals surface area contributed by atoms with Crippen molar-refractivity contribution >= 4 is 11.3 Å². The van der Waals surface area contributed by atoms with Gasteiger partial charge in [0.05, 0.1) is 11.3 Å². The lowest BCUT2D eigenvalue weighted by Crippen LogP contribution is -2.26. The first-order valence-electron chi connectivity index (χ1n) is 7.38. The van der Waals surface area contributed by atoms with E-state index in [9.17, 15) is 14.0 Å². The molecule has 0 aromatic heterocycles. The quantitative estimate of drug-likeness (QED) is 0.776. The molecule has 3 rings (SSSR count). The first-order valence-corrected chi connectivity index (χ1v) is 7.38. The lowest BCUT2D eigenvalue weighted by molar-refractivity contribution is -0.0102. The van der Waals surface area contributed by atoms with E-state index in [1.165, 1.54) is 5.56 Å². The van der Waals surface area contributed by atoms with E-state index in [-0.39, 0.29) is 12.8 Å². The van der Waals surface area contributed by atoms with Crippen molar-refractivity contribution in [1.29, 1.82) is 5.26 Å². The molecule has 1 aliphatic carbocycles. The highest BCUT2D eigenvalue weighted by molar-refractivity contribution is 5.76. The molecular formula is C17H18F2N2. The van der Waals surface area contributed by atoms with Crippen LogP contribution in [0, 0.1) is 11.3 Å². The molecule has 21 heavy (non-hydrogen) atoms. The van der Waals surface area contributed by atoms with Gasteiger partial charge in [-0.3, -0.25) is 0 Å². The Morgan fingerprint density at radius 2 is 2.00 bits per heavy atom. The van der Waals surface area contributed by atoms with E-state index in [4.69, 9.17) is 0 Å². The molecular weight excluding hydrogens is 270 g/mol. The van der Waals surface area contributed by atoms with Gasteiger partial charge in [-0.1, -0.05) is 6.58 Å². The maximum atomic E-state index is 13.5. The molecule has 1 heterocycles. The van der Waals surface area contributed by atoms with Crippen molar-refractivity contribution in [1.82, 2.24) is 0 Å². The number of anilines is 1. The number of alkyl halides is 2. The second-order valence-corrected chi connectivity index (χ2v) is 5.94. The Kier molecular flexibility index (Phi) is 3.44. The topological polar surface area (TPSA) is 27.0 Å². The van der Waals surface area contributed by atoms with Crippen LogP contribution in [0.1, 0.15) is 42.4 Å². The van der Waals surface area contributed by atoms with Crippen molar-refractivity contribution < 1.29 is 8.78 Å². The molecule has 2 aliphatic rings. The highest BCUT2D eigenvalue weighted by Crippen LogP contribution is 2.37. The van der Waals surface area contributed by atoms with Crippen LogP contribution in [0.5, 0.6) is 0 Å². The number of nitrogens with zero attached hydrogens (tertiary/aromatic N) is 2. The fourth-order valence-corrected chi connectivity index (χ4v) is 3.24. The van der Waals surface area contributed by atoms with E-state index < -0.39 is 5.92 Å². The van der Waals surface area contributed by atoms with E-state index in [0.29, 0.717) is 25.1 Å². The molecule has 1 aromatic rings. The van der Waals surface area contributed by atoms with Crippen LogP contribution in [0.3, 0.4) is 0 Å². The third-order valence-electron chi connectivity index (χ3n) is 4.48. The molecule has 1 aliphatic heterocycles. The number of allylic oxidation sites excluding steroid dienone is 1. The number of nitriles is 1. The van der Waals surface area contributed by atoms with Gasteiger partial charge in [0, 0.05) is 25.9 Å². The van der Waals surface area contributed by atoms with Crippen LogP contribution in [0.4, 0.5) is 14.5 Å². The van der Waals surface area contributed by atoms with Gasteiger partial charge in [-0.2, -0.15) is 5.26 Å². The predicted octanol–water partition coefficient (Wildman–Crippen LogP) is 4.14. The number of hydrogen-bond donors (Lipinski definition) is 0. The molecule has 0 N–H and O–H groups in total. The minimum atomic E-state index is -2.58. The van der Waals surface area contributed by atoms with Crippen LogP contribution in [0.25, 0.3) is 5.57 Å². The van der Waals surface area contributed by atoms with Gasteiger partial charge >= 0.3 is 0 Å². The third-order valence-corrected chi connectivity index (χ3v) is 4.48. The number of benzene rings is 1. The Morgan fingerprint density at radius 3 is 2.76 bits per heavy atom. The standard InChI is InChI=1S/C17H18F2N2/c1-12-3-4-13-10-16(14(11-20)9-15(12)13)21-7-2-5-17(18,19)6-8-21/h9-10H,1-8H2. The minimum Gasteiger partial charge on any atom is -0.370 e. The molecule has 0 amide bonds. The van der Waals surface area contributed by atoms with Crippen molar-refractivity contribution in [3.05, 3.63) is 35.4 Å². The van der Waals surface area contributed by atoms with Crippen molar-refractivity contribution in [3.8, 4) is 6.07 Å². The first kappa shape index (κ1) is 14.1. The SMILES string of the molecule is C=C1CCc2cc(N3CCCC(F)(F)CC3)c(C#N)cc21. The Labute approximate surface area is 123 Å². The summed E-state index contributed by atoms with van der Waals surface area (Å²) in [5, 5.41) is 9.39. The maximum absolute atomic E-state index is 13.5. The Bertz CT molecular complexity index is 628. The summed E-state index contributed by atoms with van der Waals surface area (Å²) in [5.74, 6) is -2.58. The molecule has 0 atom stereocenters. The van der Waals surface area contributed by atoms with Crippen LogP contribution in [0.15, 0.2) is 18.7 Å². The normalized spacial score (nSPS) is 20.8. The number of fused-ring (bicyclic) bond motifs is 1. The van der Waals surface area contributed by atoms with E-state index in [0.717, 1.165) is 29.7 Å². The van der Waals surface area contributed by atoms with Crippen molar-refractivity contribution in [2.75, 3.05) is 18.0 Å². The monoisotopic (exact) mass is 288 g/mol. The number of aryl methyl sites for hydroxylation is 1. The van der Waals surface area contributed by atoms with Gasteiger partial charge < -0.3 is 4.90 Å². The smallest absolute Gasteiger partial charge is 0.249 e. The maximum Gasteiger partial charge on any atom is 0.249 e. The van der Waals surface area contributed by atoms with Gasteiger partial charge in [-0.25, -0.2) is 8.78 Å². The zero-order chi connectivity index (χ0) is 15.0. The number of rotatable bonds is 1. The molecule has 1 aromatic carbocycles. The van der Waals surface area contributed by atoms with Crippen LogP contribution in [-0.4, -0.2) is 19.0 Å². The molecule has 0 saturated carbocycles. The summed E-state index contributed by atoms with van der Waals surface area (Å²) in [4.78, 5) is 1.95. The van der Waals surface area contributed by atoms with Crippen LogP contribution < -0.4 is 4.90 Å². The zero-order valence-corrected chi connectivity index (χ0v) is 12.0. The summed E-state index contributed by atoms with van der Waals surface area (Å²) >= 11 is 0. The Morgan fingerprint density at radius 1 is 1.19 bits per heavy atom. The fourth-order valence-electron chi connectivity index (χ4n) is 3.24. The highest BCUT2D eigenvalue weighted by atomic mass is 19.3. The van der Waals surface area contributed by atoms with Gasteiger partial charge in [0.15, 0.2) is 0 Å². The lowest BCUT2D eigenvalue weighted by Gasteiger charge is -2.24. The molecule has 0 unspecified atom stereocenters. The van der Waals surface area contributed by atoms with Gasteiger partial charge in [-0.05, 0) is 48.1 Å². The lowest BCUT2D eigenvalue weighted by atomic mass is 10.0. The molecule has 0 radical (unpaired) electrons. The highest BCUT2D eigenvalue weighted by Gasteiger charge is 2.32. The van der Waals surface area contributed by atoms with E-state index in [1.807, 2.05) is 17.0 Å². The summed E-state index contributed by atoms with van der Waals surface area (Å²) in [7, 11) is 0. The molecule has 0 bridgehead atoms. The van der Waals surface area contributed by atoms with Gasteiger partial charge in [0.25, 0.3) is 0 Å². The van der Waals surface area contributed by atoms with Crippen LogP contribution >= 0.6 is 0 Å². The van der Waals surface area contributed by atoms with Gasteiger partial charge in [0.2, 0.25) is 5.92 Å². The molecule has 1 saturated heterocycles. The molecule has 2 nitrogen and oxygen atoms in total. The average Bonchev–Trinajstić information content (AvgIpc) is 2.71. The summed E-state index contributed by atoms with van der Waals surface area (Å²) in [6, 6.07) is 6.10. The summed E-state index contributed by atoms with van der Waals surface area (Å²) in [5.41, 5.74) is 4.70. The molecule has 1 fully saturated rings. The molecule has 0 spiro atoms. The largest absolute Gasteiger partial charge is 0.370 e. The molecule has 4 heteroatoms. The second kappa shape index (κ2) is 5.14. The van der Waals surface area contributed by atoms with E-state index >= 15 is 0 Å². The fraction of sp³-hybridized carbons (Fsp3) is 0.471. The van der Waals surface area contributed by atoms with Crippen molar-refractivity contribution in [2.45, 2.75) is 38.0 Å².